The third-order valence-electron chi connectivity index (χ3n) is 10.1. The molecule has 2 aliphatic heterocycles. The minimum Gasteiger partial charge on any atom is -0.458 e. The fraction of sp³-hybridized carbons (Fsp3) is 0.857. The molecule has 3 N–H and O–H groups in total. The molecule has 5 unspecified atom stereocenters. The number of hydrogen-bond donors (Lipinski definition) is 3. The number of aliphatic hydroxyl groups is 3. The van der Waals surface area contributed by atoms with E-state index in [-0.39, 0.29) is 13.0 Å². The SMILES string of the molecule is C=C[C@@]1(C)CC(=O)[C@]2(O)C3(C)C(C(OC(=O)CN4CCCC(C)C4)C(O)[C@@]2(C)O1)C(C)(C)CC[C@@H]3O. The van der Waals surface area contributed by atoms with Crippen LogP contribution in [0.2, 0.25) is 0 Å². The number of nitrogens with zero attached hydrogens (tertiary/aromatic N) is 1. The molecule has 9 atom stereocenters. The van der Waals surface area contributed by atoms with Crippen molar-refractivity contribution < 1.29 is 34.4 Å². The van der Waals surface area contributed by atoms with Gasteiger partial charge in [-0.05, 0) is 57.4 Å². The molecule has 36 heavy (non-hydrogen) atoms. The summed E-state index contributed by atoms with van der Waals surface area (Å²) in [5.74, 6) is -1.16. The van der Waals surface area contributed by atoms with E-state index in [1.54, 1.807) is 13.8 Å². The second-order valence-electron chi connectivity index (χ2n) is 13.2. The fourth-order valence-corrected chi connectivity index (χ4v) is 8.21. The zero-order chi connectivity index (χ0) is 26.9. The number of carbonyl (C=O) groups is 2. The third-order valence-corrected chi connectivity index (χ3v) is 10.1. The molecular formula is C28H45NO7. The number of ether oxygens (including phenoxy) is 2. The largest absolute Gasteiger partial charge is 0.458 e. The molecule has 204 valence electrons. The quantitative estimate of drug-likeness (QED) is 0.392. The summed E-state index contributed by atoms with van der Waals surface area (Å²) in [5.41, 5.74) is -7.14. The highest BCUT2D eigenvalue weighted by molar-refractivity contribution is 5.92. The number of likely N-dealkylation sites (tertiary alicyclic amines) is 1. The van der Waals surface area contributed by atoms with Gasteiger partial charge in [0.1, 0.15) is 17.8 Å². The number of carbonyl (C=O) groups excluding carboxylic acids is 2. The molecule has 2 saturated heterocycles. The first-order valence-electron chi connectivity index (χ1n) is 13.4. The Morgan fingerprint density at radius 1 is 1.22 bits per heavy atom. The van der Waals surface area contributed by atoms with Crippen LogP contribution < -0.4 is 0 Å². The number of rotatable bonds is 4. The minimum atomic E-state index is -2.20. The van der Waals surface area contributed by atoms with Crippen LogP contribution in [0.1, 0.15) is 73.6 Å². The van der Waals surface area contributed by atoms with Crippen molar-refractivity contribution in [1.82, 2.24) is 4.90 Å². The molecule has 0 radical (unpaired) electrons. The van der Waals surface area contributed by atoms with Gasteiger partial charge in [0.15, 0.2) is 11.4 Å². The second-order valence-corrected chi connectivity index (χ2v) is 13.2. The molecule has 4 fully saturated rings. The molecule has 0 bridgehead atoms. The van der Waals surface area contributed by atoms with Crippen molar-refractivity contribution in [1.29, 1.82) is 0 Å². The van der Waals surface area contributed by atoms with Gasteiger partial charge in [-0.25, -0.2) is 0 Å². The highest BCUT2D eigenvalue weighted by Gasteiger charge is 2.81. The zero-order valence-electron chi connectivity index (χ0n) is 22.7. The van der Waals surface area contributed by atoms with Crippen molar-refractivity contribution in [2.24, 2.45) is 22.7 Å². The number of Topliss-reactive ketones (excluding diaryl/α,β-unsaturated/α-hetero) is 1. The fourth-order valence-electron chi connectivity index (χ4n) is 8.21. The topological polar surface area (TPSA) is 117 Å². The van der Waals surface area contributed by atoms with Crippen molar-refractivity contribution in [2.75, 3.05) is 19.6 Å². The van der Waals surface area contributed by atoms with Crippen LogP contribution in [0, 0.1) is 22.7 Å². The number of piperidine rings is 1. The van der Waals surface area contributed by atoms with Crippen molar-refractivity contribution in [3.8, 4) is 0 Å². The monoisotopic (exact) mass is 507 g/mol. The molecule has 0 aromatic carbocycles. The van der Waals surface area contributed by atoms with Crippen molar-refractivity contribution in [3.05, 3.63) is 12.7 Å². The summed E-state index contributed by atoms with van der Waals surface area (Å²) in [6, 6.07) is 0. The van der Waals surface area contributed by atoms with Gasteiger partial charge in [-0.1, -0.05) is 33.8 Å². The minimum absolute atomic E-state index is 0.102. The molecule has 8 heteroatoms. The van der Waals surface area contributed by atoms with Crippen LogP contribution in [-0.2, 0) is 19.1 Å². The maximum Gasteiger partial charge on any atom is 0.320 e. The van der Waals surface area contributed by atoms with E-state index in [1.165, 1.54) is 13.0 Å². The Bertz CT molecular complexity index is 922. The Kier molecular flexibility index (Phi) is 6.83. The normalized spacial score (nSPS) is 49.0. The van der Waals surface area contributed by atoms with E-state index in [4.69, 9.17) is 9.47 Å². The third kappa shape index (κ3) is 3.82. The number of ketones is 1. The van der Waals surface area contributed by atoms with E-state index in [2.05, 4.69) is 18.4 Å². The lowest BCUT2D eigenvalue weighted by Crippen LogP contribution is -2.86. The van der Waals surface area contributed by atoms with E-state index in [0.29, 0.717) is 18.8 Å². The molecule has 2 heterocycles. The van der Waals surface area contributed by atoms with Crippen LogP contribution in [0.15, 0.2) is 12.7 Å². The molecular weight excluding hydrogens is 462 g/mol. The molecule has 0 aromatic rings. The van der Waals surface area contributed by atoms with Gasteiger partial charge < -0.3 is 24.8 Å². The van der Waals surface area contributed by atoms with Crippen molar-refractivity contribution in [2.45, 2.75) is 109 Å². The second kappa shape index (κ2) is 8.87. The molecule has 2 saturated carbocycles. The zero-order valence-corrected chi connectivity index (χ0v) is 22.7. The van der Waals surface area contributed by atoms with Crippen LogP contribution in [-0.4, -0.2) is 86.7 Å². The lowest BCUT2D eigenvalue weighted by atomic mass is 9.40. The summed E-state index contributed by atoms with van der Waals surface area (Å²) in [4.78, 5) is 29.1. The molecule has 4 rings (SSSR count). The summed E-state index contributed by atoms with van der Waals surface area (Å²) in [6.45, 7) is 16.5. The van der Waals surface area contributed by atoms with Gasteiger partial charge in [0.25, 0.3) is 0 Å². The van der Waals surface area contributed by atoms with E-state index in [1.807, 2.05) is 13.8 Å². The van der Waals surface area contributed by atoms with Crippen LogP contribution in [0.3, 0.4) is 0 Å². The average Bonchev–Trinajstić information content (AvgIpc) is 2.78. The van der Waals surface area contributed by atoms with Crippen LogP contribution in [0.4, 0.5) is 0 Å². The maximum atomic E-state index is 13.8. The first-order valence-corrected chi connectivity index (χ1v) is 13.4. The molecule has 2 aliphatic carbocycles. The van der Waals surface area contributed by atoms with Crippen molar-refractivity contribution >= 4 is 11.8 Å². The predicted octanol–water partition coefficient (Wildman–Crippen LogP) is 2.23. The summed E-state index contributed by atoms with van der Waals surface area (Å²) in [5, 5.41) is 35.6. The molecule has 0 amide bonds. The molecule has 0 spiro atoms. The smallest absolute Gasteiger partial charge is 0.320 e. The lowest BCUT2D eigenvalue weighted by molar-refractivity contribution is -0.370. The van der Waals surface area contributed by atoms with Gasteiger partial charge in [-0.15, -0.1) is 6.58 Å². The highest BCUT2D eigenvalue weighted by atomic mass is 16.6. The van der Waals surface area contributed by atoms with Gasteiger partial charge in [0, 0.05) is 24.3 Å². The van der Waals surface area contributed by atoms with E-state index in [0.717, 1.165) is 25.9 Å². The highest BCUT2D eigenvalue weighted by Crippen LogP contribution is 2.67. The van der Waals surface area contributed by atoms with Crippen LogP contribution in [0.5, 0.6) is 0 Å². The summed E-state index contributed by atoms with van der Waals surface area (Å²) in [7, 11) is 0. The van der Waals surface area contributed by atoms with Crippen LogP contribution in [0.25, 0.3) is 0 Å². The van der Waals surface area contributed by atoms with E-state index < -0.39 is 63.6 Å². The Hall–Kier alpha value is -1.32. The van der Waals surface area contributed by atoms with Gasteiger partial charge in [0.05, 0.1) is 18.2 Å². The van der Waals surface area contributed by atoms with Gasteiger partial charge >= 0.3 is 5.97 Å². The average molecular weight is 508 g/mol. The summed E-state index contributed by atoms with van der Waals surface area (Å²) >= 11 is 0. The summed E-state index contributed by atoms with van der Waals surface area (Å²) < 4.78 is 12.4. The molecule has 0 aromatic heterocycles. The summed E-state index contributed by atoms with van der Waals surface area (Å²) in [6.07, 6.45) is 0.817. The first kappa shape index (κ1) is 27.7. The predicted molar refractivity (Wildman–Crippen MR) is 134 cm³/mol. The van der Waals surface area contributed by atoms with Crippen LogP contribution >= 0.6 is 0 Å². The first-order chi connectivity index (χ1) is 16.6. The van der Waals surface area contributed by atoms with Gasteiger partial charge in [0.2, 0.25) is 0 Å². The Morgan fingerprint density at radius 3 is 2.50 bits per heavy atom. The van der Waals surface area contributed by atoms with Gasteiger partial charge in [-0.2, -0.15) is 0 Å². The van der Waals surface area contributed by atoms with E-state index >= 15 is 0 Å². The Balaban J connectivity index is 1.78. The molecule has 4 aliphatic rings. The Morgan fingerprint density at radius 2 is 1.89 bits per heavy atom. The number of aliphatic hydroxyl groups excluding tert-OH is 2. The van der Waals surface area contributed by atoms with Crippen molar-refractivity contribution in [3.63, 3.8) is 0 Å². The lowest BCUT2D eigenvalue weighted by Gasteiger charge is -2.71. The maximum absolute atomic E-state index is 13.8. The molecule has 8 nitrogen and oxygen atoms in total. The van der Waals surface area contributed by atoms with Gasteiger partial charge in [-0.3, -0.25) is 14.5 Å². The number of fused-ring (bicyclic) bond motifs is 3. The number of hydrogen-bond acceptors (Lipinski definition) is 8. The standard InChI is InChI=1S/C28H45NO7/c1-8-25(5)14-19(31)28(34)26(6)18(30)11-12-24(3,4)22(26)21(23(33)27(28,7)36-25)35-20(32)16-29-13-9-10-17(2)15-29/h8,17-18,21-23,30,33-34H,1,9-16H2,2-7H3/t17?,18-,21?,22?,23?,25-,26?,27+,28-/m0/s1. The number of esters is 1. The van der Waals surface area contributed by atoms with E-state index in [9.17, 15) is 24.9 Å². The Labute approximate surface area is 215 Å².